The van der Waals surface area contributed by atoms with Crippen LogP contribution in [-0.4, -0.2) is 60.9 Å². The normalized spacial score (nSPS) is 17.1. The molecule has 1 saturated heterocycles. The molecular weight excluding hydrogens is 374 g/mol. The quantitative estimate of drug-likeness (QED) is 0.745. The van der Waals surface area contributed by atoms with Crippen LogP contribution in [0.2, 0.25) is 5.02 Å². The van der Waals surface area contributed by atoms with Crippen LogP contribution in [-0.2, 0) is 14.3 Å². The standard InChI is InChI=1S/C19H22ClNO6/c20-15-11-13(12-16-19(15)27-10-9-26-16)1-2-17(22)21(6-3-18(23)24)14-4-7-25-8-5-14/h1-2,11-12,14H,3-10H2,(H,23,24). The second-order valence-corrected chi connectivity index (χ2v) is 6.79. The van der Waals surface area contributed by atoms with Crippen LogP contribution in [0.3, 0.4) is 0 Å². The molecule has 0 bridgehead atoms. The van der Waals surface area contributed by atoms with Crippen LogP contribution in [0.15, 0.2) is 18.2 Å². The molecule has 1 aromatic rings. The van der Waals surface area contributed by atoms with Crippen LogP contribution >= 0.6 is 11.6 Å². The Balaban J connectivity index is 1.73. The maximum absolute atomic E-state index is 12.7. The van der Waals surface area contributed by atoms with E-state index in [2.05, 4.69) is 0 Å². The highest BCUT2D eigenvalue weighted by Crippen LogP contribution is 2.38. The van der Waals surface area contributed by atoms with Gasteiger partial charge in [0, 0.05) is 31.9 Å². The van der Waals surface area contributed by atoms with Gasteiger partial charge in [-0.15, -0.1) is 0 Å². The zero-order chi connectivity index (χ0) is 19.2. The molecule has 0 aromatic heterocycles. The largest absolute Gasteiger partial charge is 0.486 e. The van der Waals surface area contributed by atoms with Crippen LogP contribution in [0, 0.1) is 0 Å². The van der Waals surface area contributed by atoms with Gasteiger partial charge in [-0.25, -0.2) is 0 Å². The van der Waals surface area contributed by atoms with Gasteiger partial charge in [-0.3, -0.25) is 9.59 Å². The lowest BCUT2D eigenvalue weighted by Gasteiger charge is -2.33. The Labute approximate surface area is 162 Å². The zero-order valence-corrected chi connectivity index (χ0v) is 15.6. The first kappa shape index (κ1) is 19.5. The summed E-state index contributed by atoms with van der Waals surface area (Å²) in [6.45, 7) is 2.21. The number of hydrogen-bond acceptors (Lipinski definition) is 5. The third-order valence-corrected chi connectivity index (χ3v) is 4.80. The number of fused-ring (bicyclic) bond motifs is 1. The van der Waals surface area contributed by atoms with Gasteiger partial charge >= 0.3 is 5.97 Å². The summed E-state index contributed by atoms with van der Waals surface area (Å²) in [5, 5.41) is 9.40. The molecule has 1 fully saturated rings. The number of benzene rings is 1. The van der Waals surface area contributed by atoms with E-state index in [9.17, 15) is 9.59 Å². The van der Waals surface area contributed by atoms with Gasteiger partial charge in [0.15, 0.2) is 11.5 Å². The molecule has 0 saturated carbocycles. The van der Waals surface area contributed by atoms with Crippen LogP contribution in [0.1, 0.15) is 24.8 Å². The highest BCUT2D eigenvalue weighted by atomic mass is 35.5. The van der Waals surface area contributed by atoms with E-state index in [-0.39, 0.29) is 24.9 Å². The number of nitrogens with zero attached hydrogens (tertiary/aromatic N) is 1. The molecule has 2 aliphatic heterocycles. The van der Waals surface area contributed by atoms with E-state index in [1.807, 2.05) is 0 Å². The van der Waals surface area contributed by atoms with E-state index >= 15 is 0 Å². The lowest BCUT2D eigenvalue weighted by molar-refractivity contribution is -0.138. The summed E-state index contributed by atoms with van der Waals surface area (Å²) in [6.07, 6.45) is 4.41. The molecule has 27 heavy (non-hydrogen) atoms. The lowest BCUT2D eigenvalue weighted by Crippen LogP contribution is -2.43. The molecule has 0 spiro atoms. The Kier molecular flexibility index (Phi) is 6.58. The minimum absolute atomic E-state index is 0.0147. The third kappa shape index (κ3) is 5.14. The van der Waals surface area contributed by atoms with E-state index in [1.165, 1.54) is 6.08 Å². The highest BCUT2D eigenvalue weighted by Gasteiger charge is 2.25. The fraction of sp³-hybridized carbons (Fsp3) is 0.474. The van der Waals surface area contributed by atoms with Crippen LogP contribution < -0.4 is 9.47 Å². The summed E-state index contributed by atoms with van der Waals surface area (Å²) < 4.78 is 16.4. The SMILES string of the molecule is O=C(O)CCN(C(=O)C=Cc1cc(Cl)c2c(c1)OCCO2)C1CCOCC1. The predicted molar refractivity (Wildman–Crippen MR) is 99.3 cm³/mol. The molecular formula is C19H22ClNO6. The molecule has 2 heterocycles. The summed E-state index contributed by atoms with van der Waals surface area (Å²) >= 11 is 6.22. The summed E-state index contributed by atoms with van der Waals surface area (Å²) in [7, 11) is 0. The van der Waals surface area contributed by atoms with Gasteiger partial charge in [0.2, 0.25) is 5.91 Å². The maximum atomic E-state index is 12.7. The average Bonchev–Trinajstić information content (AvgIpc) is 2.67. The maximum Gasteiger partial charge on any atom is 0.305 e. The van der Waals surface area contributed by atoms with Crippen molar-refractivity contribution in [3.8, 4) is 11.5 Å². The molecule has 1 amide bonds. The molecule has 0 atom stereocenters. The molecule has 1 N–H and O–H groups in total. The summed E-state index contributed by atoms with van der Waals surface area (Å²) in [6, 6.07) is 3.45. The van der Waals surface area contributed by atoms with Crippen LogP contribution in [0.25, 0.3) is 6.08 Å². The molecule has 146 valence electrons. The van der Waals surface area contributed by atoms with E-state index in [1.54, 1.807) is 23.1 Å². The average molecular weight is 396 g/mol. The number of carbonyl (C=O) groups excluding carboxylic acids is 1. The van der Waals surface area contributed by atoms with Crippen molar-refractivity contribution in [2.24, 2.45) is 0 Å². The van der Waals surface area contributed by atoms with E-state index < -0.39 is 5.97 Å². The number of halogens is 1. The van der Waals surface area contributed by atoms with Crippen molar-refractivity contribution < 1.29 is 28.9 Å². The van der Waals surface area contributed by atoms with Gasteiger partial charge in [-0.2, -0.15) is 0 Å². The van der Waals surface area contributed by atoms with Gasteiger partial charge in [0.05, 0.1) is 11.4 Å². The first-order chi connectivity index (χ1) is 13.0. The van der Waals surface area contributed by atoms with Crippen LogP contribution in [0.5, 0.6) is 11.5 Å². The fourth-order valence-electron chi connectivity index (χ4n) is 3.18. The van der Waals surface area contributed by atoms with Crippen molar-refractivity contribution >= 4 is 29.6 Å². The van der Waals surface area contributed by atoms with Crippen molar-refractivity contribution in [1.82, 2.24) is 4.90 Å². The Morgan fingerprint density at radius 3 is 2.67 bits per heavy atom. The van der Waals surface area contributed by atoms with Crippen LogP contribution in [0.4, 0.5) is 0 Å². The van der Waals surface area contributed by atoms with Crippen molar-refractivity contribution in [2.45, 2.75) is 25.3 Å². The van der Waals surface area contributed by atoms with Crippen molar-refractivity contribution in [3.63, 3.8) is 0 Å². The van der Waals surface area contributed by atoms with Gasteiger partial charge in [0.25, 0.3) is 0 Å². The van der Waals surface area contributed by atoms with E-state index in [0.29, 0.717) is 61.4 Å². The molecule has 0 aliphatic carbocycles. The van der Waals surface area contributed by atoms with E-state index in [4.69, 9.17) is 30.9 Å². The summed E-state index contributed by atoms with van der Waals surface area (Å²) in [5.74, 6) is -0.0960. The predicted octanol–water partition coefficient (Wildman–Crippen LogP) is 2.61. The number of ether oxygens (including phenoxy) is 3. The van der Waals surface area contributed by atoms with Gasteiger partial charge in [-0.1, -0.05) is 11.6 Å². The molecule has 3 rings (SSSR count). The number of carboxylic acid groups (broad SMARTS) is 1. The number of carbonyl (C=O) groups is 2. The molecule has 1 aromatic carbocycles. The third-order valence-electron chi connectivity index (χ3n) is 4.52. The molecule has 2 aliphatic rings. The number of carboxylic acids is 1. The molecule has 0 radical (unpaired) electrons. The van der Waals surface area contributed by atoms with Gasteiger partial charge in [0.1, 0.15) is 13.2 Å². The minimum Gasteiger partial charge on any atom is -0.486 e. The monoisotopic (exact) mass is 395 g/mol. The molecule has 8 heteroatoms. The number of amides is 1. The minimum atomic E-state index is -0.928. The van der Waals surface area contributed by atoms with Gasteiger partial charge < -0.3 is 24.2 Å². The summed E-state index contributed by atoms with van der Waals surface area (Å²) in [4.78, 5) is 25.3. The smallest absolute Gasteiger partial charge is 0.305 e. The van der Waals surface area contributed by atoms with Gasteiger partial charge in [-0.05, 0) is 36.6 Å². The summed E-state index contributed by atoms with van der Waals surface area (Å²) in [5.41, 5.74) is 0.711. The number of rotatable bonds is 6. The number of hydrogen-bond donors (Lipinski definition) is 1. The molecule has 7 nitrogen and oxygen atoms in total. The van der Waals surface area contributed by atoms with E-state index in [0.717, 1.165) is 0 Å². The second kappa shape index (κ2) is 9.10. The van der Waals surface area contributed by atoms with Crippen molar-refractivity contribution in [2.75, 3.05) is 33.0 Å². The number of aliphatic carboxylic acids is 1. The Hall–Kier alpha value is -2.25. The second-order valence-electron chi connectivity index (χ2n) is 6.38. The highest BCUT2D eigenvalue weighted by molar-refractivity contribution is 6.32. The van der Waals surface area contributed by atoms with Crippen molar-refractivity contribution in [3.05, 3.63) is 28.8 Å². The topological polar surface area (TPSA) is 85.3 Å². The zero-order valence-electron chi connectivity index (χ0n) is 14.9. The first-order valence-corrected chi connectivity index (χ1v) is 9.30. The Bertz CT molecular complexity index is 729. The first-order valence-electron chi connectivity index (χ1n) is 8.92. The fourth-order valence-corrected chi connectivity index (χ4v) is 3.45. The van der Waals surface area contributed by atoms with Crippen molar-refractivity contribution in [1.29, 1.82) is 0 Å². The Morgan fingerprint density at radius 1 is 1.19 bits per heavy atom. The Morgan fingerprint density at radius 2 is 1.93 bits per heavy atom. The lowest BCUT2D eigenvalue weighted by atomic mass is 10.1. The molecule has 0 unspecified atom stereocenters.